The number of non-ortho nitro benzene ring substituents is 1. The Labute approximate surface area is 168 Å². The molecule has 3 rings (SSSR count). The van der Waals surface area contributed by atoms with Crippen molar-refractivity contribution < 1.29 is 14.5 Å². The third kappa shape index (κ3) is 5.01. The SMILES string of the molecule is COc1ccc2cc([C@H](C)C(=O)NCCNc3ccc([N+](=O)[O-])cc3)ccc2c1. The number of hydrogen-bond donors (Lipinski definition) is 2. The van der Waals surface area contributed by atoms with Gasteiger partial charge in [0.25, 0.3) is 5.69 Å². The number of amides is 1. The van der Waals surface area contributed by atoms with Crippen LogP contribution in [0, 0.1) is 10.1 Å². The minimum absolute atomic E-state index is 0.0477. The Morgan fingerprint density at radius 1 is 1.03 bits per heavy atom. The maximum atomic E-state index is 12.5. The highest BCUT2D eigenvalue weighted by atomic mass is 16.6. The summed E-state index contributed by atoms with van der Waals surface area (Å²) < 4.78 is 5.24. The van der Waals surface area contributed by atoms with E-state index < -0.39 is 4.92 Å². The predicted octanol–water partition coefficient (Wildman–Crippen LogP) is 4.09. The first kappa shape index (κ1) is 20.1. The molecule has 0 aliphatic rings. The normalized spacial score (nSPS) is 11.7. The molecular weight excluding hydrogens is 370 g/mol. The van der Waals surface area contributed by atoms with Gasteiger partial charge in [-0.15, -0.1) is 0 Å². The van der Waals surface area contributed by atoms with Crippen molar-refractivity contribution in [1.29, 1.82) is 0 Å². The van der Waals surface area contributed by atoms with Crippen LogP contribution in [0.25, 0.3) is 10.8 Å². The molecule has 3 aromatic rings. The first-order valence-electron chi connectivity index (χ1n) is 9.31. The second kappa shape index (κ2) is 9.05. The number of nitrogens with one attached hydrogen (secondary N) is 2. The Morgan fingerprint density at radius 3 is 2.41 bits per heavy atom. The lowest BCUT2D eigenvalue weighted by Crippen LogP contribution is -2.32. The largest absolute Gasteiger partial charge is 0.497 e. The minimum atomic E-state index is -0.436. The van der Waals surface area contributed by atoms with Gasteiger partial charge in [-0.25, -0.2) is 0 Å². The molecule has 0 radical (unpaired) electrons. The summed E-state index contributed by atoms with van der Waals surface area (Å²) in [6, 6.07) is 18.0. The van der Waals surface area contributed by atoms with Crippen LogP contribution in [0.3, 0.4) is 0 Å². The average molecular weight is 393 g/mol. The Balaban J connectivity index is 1.52. The van der Waals surface area contributed by atoms with Crippen LogP contribution in [-0.2, 0) is 4.79 Å². The number of carbonyl (C=O) groups excluding carboxylic acids is 1. The van der Waals surface area contributed by atoms with Crippen molar-refractivity contribution in [3.05, 3.63) is 76.3 Å². The number of anilines is 1. The van der Waals surface area contributed by atoms with E-state index in [0.29, 0.717) is 13.1 Å². The van der Waals surface area contributed by atoms with Crippen LogP contribution in [0.1, 0.15) is 18.4 Å². The Kier molecular flexibility index (Phi) is 6.29. The molecule has 0 spiro atoms. The van der Waals surface area contributed by atoms with Crippen LogP contribution >= 0.6 is 0 Å². The summed E-state index contributed by atoms with van der Waals surface area (Å²) in [4.78, 5) is 22.7. The summed E-state index contributed by atoms with van der Waals surface area (Å²) in [5.74, 6) is 0.473. The average Bonchev–Trinajstić information content (AvgIpc) is 2.75. The molecule has 2 N–H and O–H groups in total. The van der Waals surface area contributed by atoms with Gasteiger partial charge in [0.15, 0.2) is 0 Å². The molecule has 0 aliphatic heterocycles. The molecule has 0 fully saturated rings. The molecule has 0 bridgehead atoms. The van der Waals surface area contributed by atoms with Gasteiger partial charge in [-0.1, -0.05) is 24.3 Å². The van der Waals surface area contributed by atoms with E-state index in [0.717, 1.165) is 27.8 Å². The van der Waals surface area contributed by atoms with E-state index in [2.05, 4.69) is 10.6 Å². The molecule has 0 aromatic heterocycles. The number of methoxy groups -OCH3 is 1. The van der Waals surface area contributed by atoms with Gasteiger partial charge in [0.2, 0.25) is 5.91 Å². The van der Waals surface area contributed by atoms with E-state index in [1.807, 2.05) is 43.3 Å². The van der Waals surface area contributed by atoms with Crippen molar-refractivity contribution in [3.8, 4) is 5.75 Å². The number of nitro groups is 1. The highest BCUT2D eigenvalue weighted by Gasteiger charge is 2.15. The van der Waals surface area contributed by atoms with Crippen LogP contribution in [0.4, 0.5) is 11.4 Å². The van der Waals surface area contributed by atoms with Gasteiger partial charge < -0.3 is 15.4 Å². The zero-order valence-electron chi connectivity index (χ0n) is 16.3. The highest BCUT2D eigenvalue weighted by molar-refractivity contribution is 5.88. The molecule has 0 aliphatic carbocycles. The first-order valence-corrected chi connectivity index (χ1v) is 9.31. The van der Waals surface area contributed by atoms with Crippen molar-refractivity contribution in [3.63, 3.8) is 0 Å². The lowest BCUT2D eigenvalue weighted by Gasteiger charge is -2.14. The second-order valence-electron chi connectivity index (χ2n) is 6.72. The Morgan fingerprint density at radius 2 is 1.72 bits per heavy atom. The minimum Gasteiger partial charge on any atom is -0.497 e. The van der Waals surface area contributed by atoms with E-state index in [1.165, 1.54) is 12.1 Å². The second-order valence-corrected chi connectivity index (χ2v) is 6.72. The first-order chi connectivity index (χ1) is 14.0. The van der Waals surface area contributed by atoms with Crippen molar-refractivity contribution in [2.24, 2.45) is 0 Å². The van der Waals surface area contributed by atoms with Crippen molar-refractivity contribution >= 4 is 28.1 Å². The summed E-state index contributed by atoms with van der Waals surface area (Å²) in [6.07, 6.45) is 0. The van der Waals surface area contributed by atoms with Gasteiger partial charge in [-0.2, -0.15) is 0 Å². The summed E-state index contributed by atoms with van der Waals surface area (Å²) >= 11 is 0. The summed E-state index contributed by atoms with van der Waals surface area (Å²) in [6.45, 7) is 2.85. The molecule has 0 heterocycles. The van der Waals surface area contributed by atoms with E-state index in [1.54, 1.807) is 19.2 Å². The van der Waals surface area contributed by atoms with Crippen LogP contribution < -0.4 is 15.4 Å². The number of fused-ring (bicyclic) bond motifs is 1. The van der Waals surface area contributed by atoms with Crippen LogP contribution in [0.5, 0.6) is 5.75 Å². The van der Waals surface area contributed by atoms with E-state index >= 15 is 0 Å². The molecule has 0 saturated heterocycles. The van der Waals surface area contributed by atoms with Crippen molar-refractivity contribution in [2.45, 2.75) is 12.8 Å². The fourth-order valence-electron chi connectivity index (χ4n) is 3.04. The molecule has 150 valence electrons. The number of nitro benzene ring substituents is 1. The van der Waals surface area contributed by atoms with E-state index in [-0.39, 0.29) is 17.5 Å². The maximum absolute atomic E-state index is 12.5. The Bertz CT molecular complexity index is 1020. The lowest BCUT2D eigenvalue weighted by atomic mass is 9.97. The molecule has 0 unspecified atom stereocenters. The topological polar surface area (TPSA) is 93.5 Å². The van der Waals surface area contributed by atoms with Crippen LogP contribution in [-0.4, -0.2) is 31.0 Å². The molecule has 0 saturated carbocycles. The predicted molar refractivity (Wildman–Crippen MR) is 114 cm³/mol. The number of benzene rings is 3. The van der Waals surface area contributed by atoms with Crippen LogP contribution in [0.15, 0.2) is 60.7 Å². The standard InChI is InChI=1S/C22H23N3O4/c1-15(16-3-4-18-14-21(29-2)10-5-17(18)13-16)22(26)24-12-11-23-19-6-8-20(9-7-19)25(27)28/h3-10,13-15,23H,11-12H2,1-2H3,(H,24,26)/t15-/m0/s1. The van der Waals surface area contributed by atoms with Crippen molar-refractivity contribution in [2.75, 3.05) is 25.5 Å². The number of rotatable bonds is 8. The molecule has 1 atom stereocenters. The zero-order chi connectivity index (χ0) is 20.8. The fraction of sp³-hybridized carbons (Fsp3) is 0.227. The summed E-state index contributed by atoms with van der Waals surface area (Å²) in [7, 11) is 1.64. The summed E-state index contributed by atoms with van der Waals surface area (Å²) in [5, 5.41) is 18.8. The molecule has 3 aromatic carbocycles. The van der Waals surface area contributed by atoms with Crippen LogP contribution in [0.2, 0.25) is 0 Å². The molecular formula is C22H23N3O4. The fourth-order valence-corrected chi connectivity index (χ4v) is 3.04. The monoisotopic (exact) mass is 393 g/mol. The summed E-state index contributed by atoms with van der Waals surface area (Å²) in [5.41, 5.74) is 1.76. The quantitative estimate of drug-likeness (QED) is 0.342. The van der Waals surface area contributed by atoms with Gasteiger partial charge in [0, 0.05) is 30.9 Å². The van der Waals surface area contributed by atoms with Gasteiger partial charge in [-0.3, -0.25) is 14.9 Å². The number of hydrogen-bond acceptors (Lipinski definition) is 5. The van der Waals surface area contributed by atoms with E-state index in [9.17, 15) is 14.9 Å². The van der Waals surface area contributed by atoms with Gasteiger partial charge in [-0.05, 0) is 47.5 Å². The Hall–Kier alpha value is -3.61. The molecule has 1 amide bonds. The van der Waals surface area contributed by atoms with Gasteiger partial charge in [0.05, 0.1) is 18.0 Å². The number of ether oxygens (including phenoxy) is 1. The number of nitrogens with zero attached hydrogens (tertiary/aromatic N) is 1. The van der Waals surface area contributed by atoms with E-state index in [4.69, 9.17) is 4.74 Å². The molecule has 7 nitrogen and oxygen atoms in total. The molecule has 7 heteroatoms. The molecule has 29 heavy (non-hydrogen) atoms. The van der Waals surface area contributed by atoms with Gasteiger partial charge in [0.1, 0.15) is 5.75 Å². The van der Waals surface area contributed by atoms with Gasteiger partial charge >= 0.3 is 0 Å². The number of carbonyl (C=O) groups is 1. The third-order valence-electron chi connectivity index (χ3n) is 4.80. The smallest absolute Gasteiger partial charge is 0.269 e. The third-order valence-corrected chi connectivity index (χ3v) is 4.80. The maximum Gasteiger partial charge on any atom is 0.269 e. The van der Waals surface area contributed by atoms with Crippen molar-refractivity contribution in [1.82, 2.24) is 5.32 Å². The highest BCUT2D eigenvalue weighted by Crippen LogP contribution is 2.25. The zero-order valence-corrected chi connectivity index (χ0v) is 16.3. The lowest BCUT2D eigenvalue weighted by molar-refractivity contribution is -0.384.